The van der Waals surface area contributed by atoms with Gasteiger partial charge in [0, 0.05) is 12.2 Å². The minimum Gasteiger partial charge on any atom is -0.352 e. The maximum Gasteiger partial charge on any atom is 0.226 e. The van der Waals surface area contributed by atoms with Crippen LogP contribution in [-0.2, 0) is 9.59 Å². The van der Waals surface area contributed by atoms with Crippen molar-refractivity contribution < 1.29 is 9.59 Å². The Balaban J connectivity index is 2.29. The second-order valence-corrected chi connectivity index (χ2v) is 4.79. The lowest BCUT2D eigenvalue weighted by atomic mass is 10.2. The van der Waals surface area contributed by atoms with Gasteiger partial charge in [0.2, 0.25) is 11.0 Å². The number of thiocarbonyl (C=S) groups is 1. The third kappa shape index (κ3) is 4.17. The fourth-order valence-electron chi connectivity index (χ4n) is 1.24. The molecule has 1 amide bonds. The zero-order chi connectivity index (χ0) is 11.3. The van der Waals surface area contributed by atoms with E-state index in [4.69, 9.17) is 12.2 Å². The Morgan fingerprint density at radius 1 is 1.67 bits per heavy atom. The van der Waals surface area contributed by atoms with Crippen LogP contribution in [0.3, 0.4) is 0 Å². The average Bonchev–Trinajstić information content (AvgIpc) is 2.52. The molecule has 0 aliphatic carbocycles. The van der Waals surface area contributed by atoms with E-state index >= 15 is 0 Å². The Labute approximate surface area is 98.6 Å². The highest BCUT2D eigenvalue weighted by Gasteiger charge is 2.25. The number of hydrogen-bond acceptors (Lipinski definition) is 4. The van der Waals surface area contributed by atoms with Crippen LogP contribution in [0.5, 0.6) is 0 Å². The van der Waals surface area contributed by atoms with Crippen molar-refractivity contribution in [3.05, 3.63) is 0 Å². The second kappa shape index (κ2) is 6.07. The van der Waals surface area contributed by atoms with E-state index in [1.54, 1.807) is 0 Å². The molecule has 1 rings (SSSR count). The third-order valence-electron chi connectivity index (χ3n) is 1.97. The van der Waals surface area contributed by atoms with Crippen molar-refractivity contribution in [3.8, 4) is 0 Å². The Bertz CT molecular complexity index is 281. The monoisotopic (exact) mass is 246 g/mol. The third-order valence-corrected chi connectivity index (χ3v) is 3.20. The summed E-state index contributed by atoms with van der Waals surface area (Å²) in [6.45, 7) is 1.92. The highest BCUT2D eigenvalue weighted by atomic mass is 32.2. The van der Waals surface area contributed by atoms with Crippen molar-refractivity contribution >= 4 is 40.1 Å². The minimum absolute atomic E-state index is 0.0992. The lowest BCUT2D eigenvalue weighted by Crippen LogP contribution is -2.45. The van der Waals surface area contributed by atoms with Crippen LogP contribution in [0.4, 0.5) is 0 Å². The number of carbonyl (C=O) groups excluding carboxylic acids is 2. The first-order chi connectivity index (χ1) is 7.13. The average molecular weight is 246 g/mol. The van der Waals surface area contributed by atoms with Crippen LogP contribution in [0.1, 0.15) is 26.2 Å². The van der Waals surface area contributed by atoms with E-state index < -0.39 is 0 Å². The first-order valence-electron chi connectivity index (χ1n) is 4.90. The molecule has 0 aromatic carbocycles. The summed E-state index contributed by atoms with van der Waals surface area (Å²) in [5, 5.41) is 5.75. The van der Waals surface area contributed by atoms with Gasteiger partial charge in [0.15, 0.2) is 5.11 Å². The van der Waals surface area contributed by atoms with Crippen molar-refractivity contribution in [2.24, 2.45) is 0 Å². The van der Waals surface area contributed by atoms with Crippen LogP contribution in [0, 0.1) is 0 Å². The molecule has 1 atom stereocenters. The van der Waals surface area contributed by atoms with Crippen LogP contribution in [0.25, 0.3) is 0 Å². The largest absolute Gasteiger partial charge is 0.352 e. The molecule has 0 radical (unpaired) electrons. The van der Waals surface area contributed by atoms with E-state index in [2.05, 4.69) is 10.6 Å². The Kier molecular flexibility index (Phi) is 5.04. The van der Waals surface area contributed by atoms with Gasteiger partial charge in [0.1, 0.15) is 0 Å². The van der Waals surface area contributed by atoms with Gasteiger partial charge in [-0.05, 0) is 25.1 Å². The smallest absolute Gasteiger partial charge is 0.226 e. The molecular weight excluding hydrogens is 232 g/mol. The number of hydrogen-bond donors (Lipinski definition) is 2. The molecule has 1 fully saturated rings. The summed E-state index contributed by atoms with van der Waals surface area (Å²) in [4.78, 5) is 22.4. The van der Waals surface area contributed by atoms with Gasteiger partial charge in [-0.1, -0.05) is 18.7 Å². The van der Waals surface area contributed by atoms with Crippen molar-refractivity contribution in [2.75, 3.05) is 5.75 Å². The first-order valence-corrected chi connectivity index (χ1v) is 6.30. The number of nitrogens with one attached hydrogen (secondary N) is 2. The lowest BCUT2D eigenvalue weighted by Gasteiger charge is -2.12. The van der Waals surface area contributed by atoms with Crippen LogP contribution in [0.2, 0.25) is 0 Å². The summed E-state index contributed by atoms with van der Waals surface area (Å²) in [5.74, 6) is 0.718. The molecule has 1 unspecified atom stereocenters. The molecule has 1 saturated heterocycles. The molecule has 0 bridgehead atoms. The molecule has 2 N–H and O–H groups in total. The van der Waals surface area contributed by atoms with E-state index in [0.717, 1.165) is 18.6 Å². The Morgan fingerprint density at radius 3 is 2.93 bits per heavy atom. The van der Waals surface area contributed by atoms with Crippen molar-refractivity contribution in [1.82, 2.24) is 10.6 Å². The number of rotatable bonds is 3. The van der Waals surface area contributed by atoms with Gasteiger partial charge in [-0.25, -0.2) is 0 Å². The molecule has 6 heteroatoms. The van der Waals surface area contributed by atoms with Gasteiger partial charge in [0.05, 0.1) is 6.04 Å². The van der Waals surface area contributed by atoms with Gasteiger partial charge >= 0.3 is 0 Å². The molecule has 0 aromatic heterocycles. The standard InChI is InChI=1S/C9H14N2O2S2/c1-2-3-7(12)11-9(14)10-6-4-5-15-8(6)13/h6H,2-5H2,1H3,(H2,10,11,12,14). The Hall–Kier alpha value is -0.620. The summed E-state index contributed by atoms with van der Waals surface area (Å²) < 4.78 is 0. The molecular formula is C9H14N2O2S2. The predicted octanol–water partition coefficient (Wildman–Crippen LogP) is 0.809. The van der Waals surface area contributed by atoms with E-state index in [1.165, 1.54) is 11.8 Å². The molecule has 0 spiro atoms. The van der Waals surface area contributed by atoms with Gasteiger partial charge in [-0.2, -0.15) is 0 Å². The van der Waals surface area contributed by atoms with E-state index in [-0.39, 0.29) is 22.2 Å². The fraction of sp³-hybridized carbons (Fsp3) is 0.667. The van der Waals surface area contributed by atoms with Gasteiger partial charge in [-0.3, -0.25) is 9.59 Å². The van der Waals surface area contributed by atoms with Crippen LogP contribution in [0.15, 0.2) is 0 Å². The highest BCUT2D eigenvalue weighted by molar-refractivity contribution is 8.14. The van der Waals surface area contributed by atoms with Crippen molar-refractivity contribution in [2.45, 2.75) is 32.2 Å². The summed E-state index contributed by atoms with van der Waals surface area (Å²) in [7, 11) is 0. The number of carbonyl (C=O) groups is 2. The second-order valence-electron chi connectivity index (χ2n) is 3.28. The summed E-state index contributed by atoms with van der Waals surface area (Å²) >= 11 is 6.23. The van der Waals surface area contributed by atoms with E-state index in [0.29, 0.717) is 6.42 Å². The number of amides is 1. The predicted molar refractivity (Wildman–Crippen MR) is 64.7 cm³/mol. The summed E-state index contributed by atoms with van der Waals surface area (Å²) in [6.07, 6.45) is 2.01. The number of thioether (sulfide) groups is 1. The molecule has 15 heavy (non-hydrogen) atoms. The van der Waals surface area contributed by atoms with Gasteiger partial charge in [0.25, 0.3) is 0 Å². The van der Waals surface area contributed by atoms with Crippen LogP contribution in [-0.4, -0.2) is 27.9 Å². The Morgan fingerprint density at radius 2 is 2.40 bits per heavy atom. The molecule has 84 valence electrons. The summed E-state index contributed by atoms with van der Waals surface area (Å²) in [6, 6.07) is -0.232. The first kappa shape index (κ1) is 12.4. The van der Waals surface area contributed by atoms with E-state index in [9.17, 15) is 9.59 Å². The minimum atomic E-state index is -0.232. The molecule has 1 aliphatic rings. The quantitative estimate of drug-likeness (QED) is 0.722. The SMILES string of the molecule is CCCC(=O)NC(=S)NC1CCSC1=O. The molecule has 0 saturated carbocycles. The molecule has 0 aromatic rings. The van der Waals surface area contributed by atoms with E-state index in [1.807, 2.05) is 6.92 Å². The highest BCUT2D eigenvalue weighted by Crippen LogP contribution is 2.19. The maximum atomic E-state index is 11.2. The lowest BCUT2D eigenvalue weighted by molar-refractivity contribution is -0.119. The van der Waals surface area contributed by atoms with Crippen LogP contribution < -0.4 is 10.6 Å². The zero-order valence-corrected chi connectivity index (χ0v) is 10.2. The molecule has 1 aliphatic heterocycles. The molecule has 4 nitrogen and oxygen atoms in total. The molecule has 1 heterocycles. The normalized spacial score (nSPS) is 20.1. The van der Waals surface area contributed by atoms with Gasteiger partial charge < -0.3 is 10.6 Å². The van der Waals surface area contributed by atoms with Gasteiger partial charge in [-0.15, -0.1) is 0 Å². The zero-order valence-electron chi connectivity index (χ0n) is 8.54. The van der Waals surface area contributed by atoms with Crippen molar-refractivity contribution in [1.29, 1.82) is 0 Å². The summed E-state index contributed by atoms with van der Waals surface area (Å²) in [5.41, 5.74) is 0. The fourth-order valence-corrected chi connectivity index (χ4v) is 2.43. The van der Waals surface area contributed by atoms with Crippen LogP contribution >= 0.6 is 24.0 Å². The topological polar surface area (TPSA) is 58.2 Å². The maximum absolute atomic E-state index is 11.2. The van der Waals surface area contributed by atoms with Crippen molar-refractivity contribution in [3.63, 3.8) is 0 Å².